The van der Waals surface area contributed by atoms with Crippen LogP contribution in [0.5, 0.6) is 0 Å². The van der Waals surface area contributed by atoms with Gasteiger partial charge in [0.1, 0.15) is 5.82 Å². The fraction of sp³-hybridized carbons (Fsp3) is 0.353. The van der Waals surface area contributed by atoms with E-state index >= 15 is 0 Å². The molecule has 2 rings (SSSR count). The second-order valence-corrected chi connectivity index (χ2v) is 6.44. The van der Waals surface area contributed by atoms with Gasteiger partial charge in [-0.25, -0.2) is 4.98 Å². The van der Waals surface area contributed by atoms with Gasteiger partial charge in [0, 0.05) is 17.2 Å². The molecule has 0 unspecified atom stereocenters. The monoisotopic (exact) mass is 332 g/mol. The summed E-state index contributed by atoms with van der Waals surface area (Å²) in [6.45, 7) is 7.36. The van der Waals surface area contributed by atoms with Crippen LogP contribution in [0.25, 0.3) is 0 Å². The van der Waals surface area contributed by atoms with Gasteiger partial charge < -0.3 is 5.32 Å². The van der Waals surface area contributed by atoms with E-state index < -0.39 is 0 Å². The van der Waals surface area contributed by atoms with Crippen LogP contribution < -0.4 is 5.32 Å². The molecule has 0 saturated carbocycles. The van der Waals surface area contributed by atoms with Crippen LogP contribution in [0.1, 0.15) is 30.5 Å². The van der Waals surface area contributed by atoms with Crippen LogP contribution in [0.3, 0.4) is 0 Å². The molecule has 0 radical (unpaired) electrons. The molecule has 0 aliphatic rings. The first-order valence-corrected chi connectivity index (χ1v) is 7.77. The van der Waals surface area contributed by atoms with Crippen LogP contribution in [-0.4, -0.2) is 4.98 Å². The second kappa shape index (κ2) is 6.89. The lowest BCUT2D eigenvalue weighted by atomic mass is 10.0. The van der Waals surface area contributed by atoms with Crippen molar-refractivity contribution in [1.82, 2.24) is 4.98 Å². The number of hydrogen-bond acceptors (Lipinski definition) is 2. The predicted octanol–water partition coefficient (Wildman–Crippen LogP) is 4.96. The van der Waals surface area contributed by atoms with E-state index in [1.54, 1.807) is 0 Å². The van der Waals surface area contributed by atoms with Crippen molar-refractivity contribution >= 4 is 21.7 Å². The van der Waals surface area contributed by atoms with E-state index in [2.05, 4.69) is 77.3 Å². The van der Waals surface area contributed by atoms with Crippen LogP contribution in [0.15, 0.2) is 41.0 Å². The van der Waals surface area contributed by atoms with Gasteiger partial charge in [-0.3, -0.25) is 0 Å². The van der Waals surface area contributed by atoms with Crippen LogP contribution >= 0.6 is 15.9 Å². The van der Waals surface area contributed by atoms with Crippen molar-refractivity contribution in [2.45, 2.75) is 33.7 Å². The van der Waals surface area contributed by atoms with Crippen molar-refractivity contribution in [1.29, 1.82) is 0 Å². The summed E-state index contributed by atoms with van der Waals surface area (Å²) in [5.41, 5.74) is 3.87. The molecule has 0 bridgehead atoms. The lowest BCUT2D eigenvalue weighted by Crippen LogP contribution is -2.02. The maximum atomic E-state index is 4.35. The molecule has 2 aromatic rings. The van der Waals surface area contributed by atoms with Crippen molar-refractivity contribution in [2.75, 3.05) is 5.32 Å². The first-order valence-electron chi connectivity index (χ1n) is 6.98. The van der Waals surface area contributed by atoms with E-state index in [4.69, 9.17) is 0 Å². The number of rotatable bonds is 5. The van der Waals surface area contributed by atoms with Crippen LogP contribution in [0, 0.1) is 12.8 Å². The Morgan fingerprint density at radius 1 is 1.15 bits per heavy atom. The highest BCUT2D eigenvalue weighted by molar-refractivity contribution is 9.10. The molecule has 106 valence electrons. The summed E-state index contributed by atoms with van der Waals surface area (Å²) < 4.78 is 1.04. The Kier molecular flexibility index (Phi) is 5.18. The van der Waals surface area contributed by atoms with E-state index in [0.29, 0.717) is 5.92 Å². The number of pyridine rings is 1. The number of halogens is 1. The van der Waals surface area contributed by atoms with E-state index in [1.165, 1.54) is 16.7 Å². The van der Waals surface area contributed by atoms with Crippen molar-refractivity contribution in [3.8, 4) is 0 Å². The molecule has 0 atom stereocenters. The van der Waals surface area contributed by atoms with Gasteiger partial charge in [0.25, 0.3) is 0 Å². The van der Waals surface area contributed by atoms with Crippen LogP contribution in [-0.2, 0) is 13.0 Å². The SMILES string of the molecule is Cc1cc(NCc2ccc(CC(C)C)cc2)ncc1Br. The van der Waals surface area contributed by atoms with Gasteiger partial charge in [0.2, 0.25) is 0 Å². The third-order valence-corrected chi connectivity index (χ3v) is 4.02. The highest BCUT2D eigenvalue weighted by Crippen LogP contribution is 2.18. The summed E-state index contributed by atoms with van der Waals surface area (Å²) in [6, 6.07) is 10.9. The molecule has 1 N–H and O–H groups in total. The van der Waals surface area contributed by atoms with Gasteiger partial charge in [-0.1, -0.05) is 38.1 Å². The minimum Gasteiger partial charge on any atom is -0.366 e. The van der Waals surface area contributed by atoms with Crippen molar-refractivity contribution in [2.24, 2.45) is 5.92 Å². The highest BCUT2D eigenvalue weighted by Gasteiger charge is 2.01. The number of aromatic nitrogens is 1. The first kappa shape index (κ1) is 15.0. The van der Waals surface area contributed by atoms with Gasteiger partial charge in [-0.05, 0) is 57.9 Å². The molecule has 0 spiro atoms. The largest absolute Gasteiger partial charge is 0.366 e. The second-order valence-electron chi connectivity index (χ2n) is 5.59. The molecular formula is C17H21BrN2. The first-order chi connectivity index (χ1) is 9.54. The van der Waals surface area contributed by atoms with Gasteiger partial charge >= 0.3 is 0 Å². The number of benzene rings is 1. The third kappa shape index (κ3) is 4.34. The molecule has 0 aliphatic heterocycles. The summed E-state index contributed by atoms with van der Waals surface area (Å²) in [6.07, 6.45) is 2.98. The molecule has 20 heavy (non-hydrogen) atoms. The molecule has 2 nitrogen and oxygen atoms in total. The van der Waals surface area contributed by atoms with E-state index in [9.17, 15) is 0 Å². The lowest BCUT2D eigenvalue weighted by molar-refractivity contribution is 0.647. The average molecular weight is 333 g/mol. The Hall–Kier alpha value is -1.35. The van der Waals surface area contributed by atoms with Crippen molar-refractivity contribution < 1.29 is 0 Å². The third-order valence-electron chi connectivity index (χ3n) is 3.19. The molecular weight excluding hydrogens is 312 g/mol. The Morgan fingerprint density at radius 2 is 1.80 bits per heavy atom. The maximum absolute atomic E-state index is 4.35. The van der Waals surface area contributed by atoms with Gasteiger partial charge in [-0.15, -0.1) is 0 Å². The summed E-state index contributed by atoms with van der Waals surface area (Å²) >= 11 is 3.46. The highest BCUT2D eigenvalue weighted by atomic mass is 79.9. The topological polar surface area (TPSA) is 24.9 Å². The average Bonchev–Trinajstić information content (AvgIpc) is 2.41. The van der Waals surface area contributed by atoms with E-state index in [1.807, 2.05) is 6.20 Å². The van der Waals surface area contributed by atoms with Crippen molar-refractivity contribution in [3.63, 3.8) is 0 Å². The fourth-order valence-corrected chi connectivity index (χ4v) is 2.31. The summed E-state index contributed by atoms with van der Waals surface area (Å²) in [7, 11) is 0. The van der Waals surface area contributed by atoms with Gasteiger partial charge in [0.05, 0.1) is 0 Å². The maximum Gasteiger partial charge on any atom is 0.126 e. The molecule has 0 saturated heterocycles. The summed E-state index contributed by atoms with van der Waals surface area (Å²) in [4.78, 5) is 4.35. The zero-order valence-electron chi connectivity index (χ0n) is 12.3. The summed E-state index contributed by atoms with van der Waals surface area (Å²) in [5.74, 6) is 1.62. The standard InChI is InChI=1S/C17H21BrN2/c1-12(2)8-14-4-6-15(7-5-14)10-19-17-9-13(3)16(18)11-20-17/h4-7,9,11-12H,8,10H2,1-3H3,(H,19,20). The van der Waals surface area contributed by atoms with Crippen molar-refractivity contribution in [3.05, 3.63) is 57.7 Å². The zero-order chi connectivity index (χ0) is 14.5. The number of nitrogens with one attached hydrogen (secondary N) is 1. The molecule has 0 amide bonds. The van der Waals surface area contributed by atoms with Gasteiger partial charge in [-0.2, -0.15) is 0 Å². The van der Waals surface area contributed by atoms with E-state index in [0.717, 1.165) is 23.3 Å². The Balaban J connectivity index is 1.95. The zero-order valence-corrected chi connectivity index (χ0v) is 13.9. The molecule has 1 aromatic heterocycles. The Morgan fingerprint density at radius 3 is 2.40 bits per heavy atom. The molecule has 1 heterocycles. The minimum absolute atomic E-state index is 0.703. The number of aryl methyl sites for hydroxylation is 1. The van der Waals surface area contributed by atoms with Crippen LogP contribution in [0.2, 0.25) is 0 Å². The number of nitrogens with zero attached hydrogens (tertiary/aromatic N) is 1. The molecule has 1 aromatic carbocycles. The van der Waals surface area contributed by atoms with E-state index in [-0.39, 0.29) is 0 Å². The number of anilines is 1. The summed E-state index contributed by atoms with van der Waals surface area (Å²) in [5, 5.41) is 3.36. The smallest absolute Gasteiger partial charge is 0.126 e. The minimum atomic E-state index is 0.703. The molecule has 0 aliphatic carbocycles. The quantitative estimate of drug-likeness (QED) is 0.836. The van der Waals surface area contributed by atoms with Gasteiger partial charge in [0.15, 0.2) is 0 Å². The Bertz CT molecular complexity index is 562. The fourth-order valence-electron chi connectivity index (χ4n) is 2.09. The molecule has 0 fully saturated rings. The predicted molar refractivity (Wildman–Crippen MR) is 89.0 cm³/mol. The van der Waals surface area contributed by atoms with Crippen LogP contribution in [0.4, 0.5) is 5.82 Å². The Labute approximate surface area is 129 Å². The lowest BCUT2D eigenvalue weighted by Gasteiger charge is -2.09. The normalized spacial score (nSPS) is 10.8. The molecule has 3 heteroatoms. The number of hydrogen-bond donors (Lipinski definition) is 1.